The van der Waals surface area contributed by atoms with Crippen LogP contribution in [0.15, 0.2) is 18.2 Å². The van der Waals surface area contributed by atoms with Crippen LogP contribution < -0.4 is 5.32 Å². The van der Waals surface area contributed by atoms with E-state index in [-0.39, 0.29) is 11.9 Å². The summed E-state index contributed by atoms with van der Waals surface area (Å²) in [6.45, 7) is 14.3. The van der Waals surface area contributed by atoms with Crippen LogP contribution in [0, 0.1) is 34.6 Å². The quantitative estimate of drug-likeness (QED) is 0.715. The first kappa shape index (κ1) is 20.1. The minimum absolute atomic E-state index is 0.0800. The molecule has 2 aromatic heterocycles. The molecule has 0 fully saturated rings. The molecule has 5 nitrogen and oxygen atoms in total. The molecule has 0 atom stereocenters. The van der Waals surface area contributed by atoms with Crippen molar-refractivity contribution in [2.45, 2.75) is 67.3 Å². The van der Waals surface area contributed by atoms with Gasteiger partial charge in [0, 0.05) is 23.5 Å². The molecule has 5 heteroatoms. The summed E-state index contributed by atoms with van der Waals surface area (Å²) >= 11 is 0. The third-order valence-corrected chi connectivity index (χ3v) is 5.36. The lowest BCUT2D eigenvalue weighted by Crippen LogP contribution is -2.30. The molecule has 0 spiro atoms. The SMILES string of the molecule is Cc1ccc(-n2nc(C)c3c(C)c(CCC(=O)NC(C)C)c(C)nc32)cc1C. The lowest BCUT2D eigenvalue weighted by atomic mass is 9.99. The molecule has 0 radical (unpaired) electrons. The Labute approximate surface area is 167 Å². The average Bonchev–Trinajstić information content (AvgIpc) is 2.93. The molecule has 0 aliphatic heterocycles. The van der Waals surface area contributed by atoms with Gasteiger partial charge in [-0.25, -0.2) is 9.67 Å². The highest BCUT2D eigenvalue weighted by Crippen LogP contribution is 2.28. The Morgan fingerprint density at radius 1 is 1.07 bits per heavy atom. The van der Waals surface area contributed by atoms with E-state index in [9.17, 15) is 4.79 Å². The van der Waals surface area contributed by atoms with Gasteiger partial charge in [0.25, 0.3) is 0 Å². The number of amides is 1. The fourth-order valence-corrected chi connectivity index (χ4v) is 3.74. The van der Waals surface area contributed by atoms with Crippen LogP contribution in [0.25, 0.3) is 16.7 Å². The van der Waals surface area contributed by atoms with Crippen LogP contribution in [0.2, 0.25) is 0 Å². The number of hydrogen-bond donors (Lipinski definition) is 1. The number of carbonyl (C=O) groups excluding carboxylic acids is 1. The van der Waals surface area contributed by atoms with E-state index in [1.165, 1.54) is 16.7 Å². The van der Waals surface area contributed by atoms with Gasteiger partial charge in [0.1, 0.15) is 0 Å². The standard InChI is InChI=1S/C23H30N4O/c1-13(2)24-21(28)11-10-20-16(5)22-18(7)26-27(23(22)25-17(20)6)19-9-8-14(3)15(4)12-19/h8-9,12-13H,10-11H2,1-7H3,(H,24,28). The van der Waals surface area contributed by atoms with Gasteiger partial charge in [-0.05, 0) is 89.3 Å². The molecular weight excluding hydrogens is 348 g/mol. The zero-order valence-corrected chi connectivity index (χ0v) is 18.0. The fourth-order valence-electron chi connectivity index (χ4n) is 3.74. The van der Waals surface area contributed by atoms with Crippen LogP contribution in [0.4, 0.5) is 0 Å². The van der Waals surface area contributed by atoms with Crippen molar-refractivity contribution in [1.29, 1.82) is 0 Å². The third-order valence-electron chi connectivity index (χ3n) is 5.36. The first-order chi connectivity index (χ1) is 13.2. The van der Waals surface area contributed by atoms with Gasteiger partial charge >= 0.3 is 0 Å². The summed E-state index contributed by atoms with van der Waals surface area (Å²) in [5.74, 6) is 0.0800. The first-order valence-corrected chi connectivity index (χ1v) is 9.91. The number of nitrogens with zero attached hydrogens (tertiary/aromatic N) is 3. The van der Waals surface area contributed by atoms with Crippen molar-refractivity contribution in [2.24, 2.45) is 0 Å². The number of benzene rings is 1. The third kappa shape index (κ3) is 3.79. The van der Waals surface area contributed by atoms with Crippen molar-refractivity contribution >= 4 is 16.9 Å². The largest absolute Gasteiger partial charge is 0.354 e. The van der Waals surface area contributed by atoms with Crippen LogP contribution in [0.3, 0.4) is 0 Å². The van der Waals surface area contributed by atoms with E-state index in [2.05, 4.69) is 44.3 Å². The summed E-state index contributed by atoms with van der Waals surface area (Å²) in [5.41, 5.74) is 8.65. The number of hydrogen-bond acceptors (Lipinski definition) is 3. The number of fused-ring (bicyclic) bond motifs is 1. The van der Waals surface area contributed by atoms with Gasteiger partial charge in [0.15, 0.2) is 5.65 Å². The average molecular weight is 379 g/mol. The fraction of sp³-hybridized carbons (Fsp3) is 0.435. The van der Waals surface area contributed by atoms with Crippen LogP contribution in [-0.4, -0.2) is 26.7 Å². The molecule has 2 heterocycles. The molecule has 1 amide bonds. The van der Waals surface area contributed by atoms with E-state index in [1.807, 2.05) is 32.4 Å². The molecule has 0 saturated carbocycles. The van der Waals surface area contributed by atoms with Crippen LogP contribution in [-0.2, 0) is 11.2 Å². The molecule has 0 unspecified atom stereocenters. The van der Waals surface area contributed by atoms with E-state index in [0.29, 0.717) is 12.8 Å². The second-order valence-electron chi connectivity index (χ2n) is 7.99. The highest BCUT2D eigenvalue weighted by molar-refractivity contribution is 5.85. The Kier molecular flexibility index (Phi) is 5.54. The van der Waals surface area contributed by atoms with Crippen molar-refractivity contribution < 1.29 is 4.79 Å². The van der Waals surface area contributed by atoms with Gasteiger partial charge in [-0.3, -0.25) is 4.79 Å². The molecule has 0 aliphatic rings. The van der Waals surface area contributed by atoms with Crippen molar-refractivity contribution in [2.75, 3.05) is 0 Å². The van der Waals surface area contributed by atoms with E-state index in [1.54, 1.807) is 0 Å². The number of aromatic nitrogens is 3. The van der Waals surface area contributed by atoms with Crippen LogP contribution in [0.1, 0.15) is 53.9 Å². The summed E-state index contributed by atoms with van der Waals surface area (Å²) < 4.78 is 1.94. The smallest absolute Gasteiger partial charge is 0.220 e. The normalized spacial score (nSPS) is 11.4. The van der Waals surface area contributed by atoms with Crippen molar-refractivity contribution in [3.63, 3.8) is 0 Å². The number of rotatable bonds is 5. The monoisotopic (exact) mass is 378 g/mol. The molecule has 28 heavy (non-hydrogen) atoms. The van der Waals surface area contributed by atoms with Gasteiger partial charge in [0.05, 0.1) is 11.4 Å². The van der Waals surface area contributed by atoms with Crippen molar-refractivity contribution in [3.05, 3.63) is 51.8 Å². The number of pyridine rings is 1. The van der Waals surface area contributed by atoms with E-state index < -0.39 is 0 Å². The lowest BCUT2D eigenvalue weighted by Gasteiger charge is -2.13. The molecule has 1 N–H and O–H groups in total. The molecule has 1 aromatic carbocycles. The predicted molar refractivity (Wildman–Crippen MR) is 114 cm³/mol. The van der Waals surface area contributed by atoms with Crippen molar-refractivity contribution in [1.82, 2.24) is 20.1 Å². The van der Waals surface area contributed by atoms with E-state index >= 15 is 0 Å². The van der Waals surface area contributed by atoms with Crippen molar-refractivity contribution in [3.8, 4) is 5.69 Å². The lowest BCUT2D eigenvalue weighted by molar-refractivity contribution is -0.121. The maximum atomic E-state index is 12.1. The molecule has 148 valence electrons. The highest BCUT2D eigenvalue weighted by atomic mass is 16.1. The molecule has 0 saturated heterocycles. The van der Waals surface area contributed by atoms with Gasteiger partial charge in [-0.1, -0.05) is 6.07 Å². The number of aryl methyl sites for hydroxylation is 5. The maximum Gasteiger partial charge on any atom is 0.220 e. The molecule has 0 aliphatic carbocycles. The van der Waals surface area contributed by atoms with Crippen LogP contribution in [0.5, 0.6) is 0 Å². The topological polar surface area (TPSA) is 59.8 Å². The minimum Gasteiger partial charge on any atom is -0.354 e. The Morgan fingerprint density at radius 2 is 1.79 bits per heavy atom. The Bertz CT molecular complexity index is 1050. The Morgan fingerprint density at radius 3 is 2.43 bits per heavy atom. The summed E-state index contributed by atoms with van der Waals surface area (Å²) in [5, 5.41) is 8.83. The predicted octanol–water partition coefficient (Wildman–Crippen LogP) is 4.42. The number of nitrogens with one attached hydrogen (secondary N) is 1. The summed E-state index contributed by atoms with van der Waals surface area (Å²) in [6, 6.07) is 6.52. The van der Waals surface area contributed by atoms with Crippen LogP contribution >= 0.6 is 0 Å². The summed E-state index contributed by atoms with van der Waals surface area (Å²) in [4.78, 5) is 17.0. The molecule has 3 aromatic rings. The number of carbonyl (C=O) groups is 1. The first-order valence-electron chi connectivity index (χ1n) is 9.91. The van der Waals surface area contributed by atoms with E-state index in [0.717, 1.165) is 33.7 Å². The van der Waals surface area contributed by atoms with Gasteiger partial charge in [-0.15, -0.1) is 0 Å². The minimum atomic E-state index is 0.0800. The zero-order chi connectivity index (χ0) is 20.6. The Hall–Kier alpha value is -2.69. The van der Waals surface area contributed by atoms with Gasteiger partial charge in [0.2, 0.25) is 5.91 Å². The van der Waals surface area contributed by atoms with Gasteiger partial charge < -0.3 is 5.32 Å². The second kappa shape index (κ2) is 7.74. The second-order valence-corrected chi connectivity index (χ2v) is 7.99. The molecular formula is C23H30N4O. The van der Waals surface area contributed by atoms with Gasteiger partial charge in [-0.2, -0.15) is 5.10 Å². The highest BCUT2D eigenvalue weighted by Gasteiger charge is 2.18. The summed E-state index contributed by atoms with van der Waals surface area (Å²) in [7, 11) is 0. The summed E-state index contributed by atoms with van der Waals surface area (Å²) in [6.07, 6.45) is 1.16. The zero-order valence-electron chi connectivity index (χ0n) is 18.0. The maximum absolute atomic E-state index is 12.1. The molecule has 3 rings (SSSR count). The Balaban J connectivity index is 2.03. The molecule has 0 bridgehead atoms. The van der Waals surface area contributed by atoms with E-state index in [4.69, 9.17) is 10.1 Å².